The number of amides is 2. The highest BCUT2D eigenvalue weighted by atomic mass is 16.2. The predicted molar refractivity (Wildman–Crippen MR) is 110 cm³/mol. The number of pyridine rings is 1. The van der Waals surface area contributed by atoms with Gasteiger partial charge in [-0.1, -0.05) is 0 Å². The number of nitrogens with zero attached hydrogens (tertiary/aromatic N) is 4. The number of piperidine rings is 1. The van der Waals surface area contributed by atoms with Crippen LogP contribution in [0.15, 0.2) is 61.1 Å². The Kier molecular flexibility index (Phi) is 5.51. The molecule has 1 fully saturated rings. The van der Waals surface area contributed by atoms with Gasteiger partial charge < -0.3 is 15.5 Å². The molecule has 0 unspecified atom stereocenters. The summed E-state index contributed by atoms with van der Waals surface area (Å²) in [5.41, 5.74) is 2.95. The predicted octanol–water partition coefficient (Wildman–Crippen LogP) is 3.58. The van der Waals surface area contributed by atoms with Crippen molar-refractivity contribution in [2.24, 2.45) is 0 Å². The van der Waals surface area contributed by atoms with Crippen molar-refractivity contribution in [3.05, 3.63) is 66.6 Å². The monoisotopic (exact) mass is 376 g/mol. The highest BCUT2D eigenvalue weighted by Crippen LogP contribution is 2.21. The maximum atomic E-state index is 12.2. The van der Waals surface area contributed by atoms with Gasteiger partial charge in [0.05, 0.1) is 0 Å². The lowest BCUT2D eigenvalue weighted by molar-refractivity contribution is 0.251. The van der Waals surface area contributed by atoms with Gasteiger partial charge in [0.25, 0.3) is 0 Å². The number of urea groups is 1. The number of carbonyl (C=O) groups is 1. The van der Waals surface area contributed by atoms with E-state index in [-0.39, 0.29) is 6.03 Å². The summed E-state index contributed by atoms with van der Waals surface area (Å²) in [6.07, 6.45) is 9.07. The van der Waals surface area contributed by atoms with Gasteiger partial charge in [-0.15, -0.1) is 0 Å². The van der Waals surface area contributed by atoms with Crippen LogP contribution in [-0.2, 0) is 6.54 Å². The second kappa shape index (κ2) is 8.56. The Bertz CT molecular complexity index is 901. The van der Waals surface area contributed by atoms with Crippen LogP contribution in [0.4, 0.5) is 16.2 Å². The summed E-state index contributed by atoms with van der Waals surface area (Å²) in [5.74, 6) is 0.720. The highest BCUT2D eigenvalue weighted by molar-refractivity contribution is 5.89. The van der Waals surface area contributed by atoms with Gasteiger partial charge in [-0.05, 0) is 67.3 Å². The molecule has 3 aromatic rings. The summed E-state index contributed by atoms with van der Waals surface area (Å²) < 4.78 is 1.69. The summed E-state index contributed by atoms with van der Waals surface area (Å²) in [4.78, 5) is 18.9. The molecule has 2 aromatic heterocycles. The molecule has 0 bridgehead atoms. The molecule has 0 atom stereocenters. The summed E-state index contributed by atoms with van der Waals surface area (Å²) in [6, 6.07) is 13.4. The Hall–Kier alpha value is -3.35. The number of hydrogen-bond acceptors (Lipinski definition) is 4. The minimum atomic E-state index is -0.233. The highest BCUT2D eigenvalue weighted by Gasteiger charge is 2.11. The Morgan fingerprint density at radius 1 is 1.04 bits per heavy atom. The number of carbonyl (C=O) groups excluding carboxylic acids is 1. The van der Waals surface area contributed by atoms with E-state index in [0.717, 1.165) is 30.2 Å². The van der Waals surface area contributed by atoms with Gasteiger partial charge in [0.1, 0.15) is 0 Å². The fraction of sp³-hybridized carbons (Fsp3) is 0.286. The molecular weight excluding hydrogens is 352 g/mol. The molecule has 1 aliphatic rings. The van der Waals surface area contributed by atoms with E-state index in [4.69, 9.17) is 0 Å². The largest absolute Gasteiger partial charge is 0.372 e. The topological polar surface area (TPSA) is 75.1 Å². The Balaban J connectivity index is 1.30. The maximum absolute atomic E-state index is 12.2. The quantitative estimate of drug-likeness (QED) is 0.714. The van der Waals surface area contributed by atoms with Crippen molar-refractivity contribution >= 4 is 17.4 Å². The van der Waals surface area contributed by atoms with Crippen LogP contribution in [0.2, 0.25) is 0 Å². The number of aromatic nitrogens is 3. The molecule has 3 heterocycles. The van der Waals surface area contributed by atoms with Crippen LogP contribution in [0.25, 0.3) is 5.82 Å². The molecule has 1 aliphatic heterocycles. The molecule has 2 amide bonds. The fourth-order valence-electron chi connectivity index (χ4n) is 3.37. The second-order valence-corrected chi connectivity index (χ2v) is 6.88. The second-order valence-electron chi connectivity index (χ2n) is 6.88. The van der Waals surface area contributed by atoms with E-state index >= 15 is 0 Å². The van der Waals surface area contributed by atoms with E-state index in [0.29, 0.717) is 6.54 Å². The van der Waals surface area contributed by atoms with Gasteiger partial charge in [-0.3, -0.25) is 0 Å². The summed E-state index contributed by atoms with van der Waals surface area (Å²) in [5, 5.41) is 9.93. The van der Waals surface area contributed by atoms with Crippen molar-refractivity contribution in [1.29, 1.82) is 0 Å². The first-order valence-corrected chi connectivity index (χ1v) is 9.63. The van der Waals surface area contributed by atoms with Crippen molar-refractivity contribution in [3.8, 4) is 5.82 Å². The lowest BCUT2D eigenvalue weighted by Gasteiger charge is -2.28. The van der Waals surface area contributed by atoms with Crippen molar-refractivity contribution in [2.75, 3.05) is 23.3 Å². The number of benzene rings is 1. The van der Waals surface area contributed by atoms with Crippen molar-refractivity contribution in [3.63, 3.8) is 0 Å². The average molecular weight is 376 g/mol. The molecule has 0 aliphatic carbocycles. The zero-order valence-electron chi connectivity index (χ0n) is 15.7. The lowest BCUT2D eigenvalue weighted by Crippen LogP contribution is -2.29. The van der Waals surface area contributed by atoms with E-state index in [9.17, 15) is 4.79 Å². The first kappa shape index (κ1) is 18.0. The standard InChI is InChI=1S/C21H24N6O/c28-21(23-16-17-9-11-22-20(15-17)27-14-4-10-24-27)25-18-5-7-19(8-6-18)26-12-2-1-3-13-26/h4-11,14-15H,1-3,12-13,16H2,(H2,23,25,28). The number of rotatable bonds is 5. The van der Waals surface area contributed by atoms with E-state index in [1.807, 2.05) is 36.5 Å². The number of hydrogen-bond donors (Lipinski definition) is 2. The molecule has 144 valence electrons. The van der Waals surface area contributed by atoms with Crippen molar-refractivity contribution in [2.45, 2.75) is 25.8 Å². The average Bonchev–Trinajstić information content (AvgIpc) is 3.29. The molecule has 28 heavy (non-hydrogen) atoms. The molecule has 0 spiro atoms. The van der Waals surface area contributed by atoms with Crippen molar-refractivity contribution in [1.82, 2.24) is 20.1 Å². The van der Waals surface area contributed by atoms with Gasteiger partial charge in [0.15, 0.2) is 5.82 Å². The Morgan fingerprint density at radius 3 is 2.61 bits per heavy atom. The third kappa shape index (κ3) is 4.49. The van der Waals surface area contributed by atoms with Crippen LogP contribution in [0.3, 0.4) is 0 Å². The fourth-order valence-corrected chi connectivity index (χ4v) is 3.37. The minimum Gasteiger partial charge on any atom is -0.372 e. The first-order chi connectivity index (χ1) is 13.8. The van der Waals surface area contributed by atoms with Crippen LogP contribution >= 0.6 is 0 Å². The normalized spacial score (nSPS) is 13.9. The van der Waals surface area contributed by atoms with Gasteiger partial charge in [0.2, 0.25) is 0 Å². The van der Waals surface area contributed by atoms with E-state index < -0.39 is 0 Å². The molecule has 1 saturated heterocycles. The molecule has 4 rings (SSSR count). The summed E-state index contributed by atoms with van der Waals surface area (Å²) in [6.45, 7) is 2.63. The van der Waals surface area contributed by atoms with E-state index in [2.05, 4.69) is 37.7 Å². The number of anilines is 2. The lowest BCUT2D eigenvalue weighted by atomic mass is 10.1. The summed E-state index contributed by atoms with van der Waals surface area (Å²) >= 11 is 0. The third-order valence-electron chi connectivity index (χ3n) is 4.85. The van der Waals surface area contributed by atoms with Crippen LogP contribution in [-0.4, -0.2) is 33.9 Å². The Morgan fingerprint density at radius 2 is 1.86 bits per heavy atom. The number of nitrogens with one attached hydrogen (secondary N) is 2. The molecule has 7 heteroatoms. The molecule has 2 N–H and O–H groups in total. The maximum Gasteiger partial charge on any atom is 0.319 e. The van der Waals surface area contributed by atoms with Crippen molar-refractivity contribution < 1.29 is 4.79 Å². The third-order valence-corrected chi connectivity index (χ3v) is 4.85. The van der Waals surface area contributed by atoms with Gasteiger partial charge >= 0.3 is 6.03 Å². The zero-order valence-corrected chi connectivity index (χ0v) is 15.7. The zero-order chi connectivity index (χ0) is 19.2. The summed E-state index contributed by atoms with van der Waals surface area (Å²) in [7, 11) is 0. The first-order valence-electron chi connectivity index (χ1n) is 9.63. The van der Waals surface area contributed by atoms with Gasteiger partial charge in [0, 0.05) is 49.6 Å². The van der Waals surface area contributed by atoms with Crippen LogP contribution in [0, 0.1) is 0 Å². The van der Waals surface area contributed by atoms with Crippen LogP contribution in [0.1, 0.15) is 24.8 Å². The van der Waals surface area contributed by atoms with E-state index in [1.165, 1.54) is 24.9 Å². The smallest absolute Gasteiger partial charge is 0.319 e. The molecule has 7 nitrogen and oxygen atoms in total. The molecule has 1 aromatic carbocycles. The minimum absolute atomic E-state index is 0.233. The van der Waals surface area contributed by atoms with Gasteiger partial charge in [-0.2, -0.15) is 5.10 Å². The molecule has 0 saturated carbocycles. The van der Waals surface area contributed by atoms with Crippen LogP contribution < -0.4 is 15.5 Å². The molecular formula is C21H24N6O. The Labute approximate surface area is 164 Å². The van der Waals surface area contributed by atoms with Gasteiger partial charge in [-0.25, -0.2) is 14.5 Å². The SMILES string of the molecule is O=C(NCc1ccnc(-n2cccn2)c1)Nc1ccc(N2CCCCC2)cc1. The van der Waals surface area contributed by atoms with Crippen LogP contribution in [0.5, 0.6) is 0 Å². The molecule has 0 radical (unpaired) electrons. The van der Waals surface area contributed by atoms with E-state index in [1.54, 1.807) is 17.1 Å².